The van der Waals surface area contributed by atoms with E-state index in [0.29, 0.717) is 38.6 Å². The molecule has 6 heteroatoms. The first kappa shape index (κ1) is 15.1. The SMILES string of the molecule is CC1CCN(C(=O)N2CCOCC2(C)C)C(C(=O)O)C1. The predicted octanol–water partition coefficient (Wildman–Crippen LogP) is 1.40. The molecule has 2 aliphatic heterocycles. The first-order valence-corrected chi connectivity index (χ1v) is 7.22. The summed E-state index contributed by atoms with van der Waals surface area (Å²) >= 11 is 0. The van der Waals surface area contributed by atoms with Gasteiger partial charge in [-0.2, -0.15) is 0 Å². The number of carbonyl (C=O) groups excluding carboxylic acids is 1. The number of carboxylic acids is 1. The third-order valence-electron chi connectivity index (χ3n) is 4.27. The summed E-state index contributed by atoms with van der Waals surface area (Å²) in [4.78, 5) is 27.4. The molecule has 0 saturated carbocycles. The Morgan fingerprint density at radius 1 is 1.30 bits per heavy atom. The summed E-state index contributed by atoms with van der Waals surface area (Å²) in [5.74, 6) is -0.561. The largest absolute Gasteiger partial charge is 0.480 e. The van der Waals surface area contributed by atoms with Crippen molar-refractivity contribution in [3.8, 4) is 0 Å². The van der Waals surface area contributed by atoms with E-state index in [2.05, 4.69) is 0 Å². The lowest BCUT2D eigenvalue weighted by atomic mass is 9.92. The van der Waals surface area contributed by atoms with Crippen LogP contribution in [0.3, 0.4) is 0 Å². The van der Waals surface area contributed by atoms with Crippen LogP contribution in [-0.4, -0.2) is 64.8 Å². The second kappa shape index (κ2) is 5.60. The number of likely N-dealkylation sites (tertiary alicyclic amines) is 1. The Morgan fingerprint density at radius 3 is 2.60 bits per heavy atom. The molecule has 6 nitrogen and oxygen atoms in total. The van der Waals surface area contributed by atoms with Crippen LogP contribution in [0.15, 0.2) is 0 Å². The molecule has 20 heavy (non-hydrogen) atoms. The van der Waals surface area contributed by atoms with E-state index in [9.17, 15) is 14.7 Å². The Balaban J connectivity index is 2.16. The molecule has 2 fully saturated rings. The molecule has 2 heterocycles. The number of rotatable bonds is 1. The van der Waals surface area contributed by atoms with Gasteiger partial charge in [-0.3, -0.25) is 0 Å². The van der Waals surface area contributed by atoms with Crippen molar-refractivity contribution < 1.29 is 19.4 Å². The first-order valence-electron chi connectivity index (χ1n) is 7.22. The zero-order valence-corrected chi connectivity index (χ0v) is 12.5. The highest BCUT2D eigenvalue weighted by Crippen LogP contribution is 2.27. The van der Waals surface area contributed by atoms with Crippen molar-refractivity contribution >= 4 is 12.0 Å². The lowest BCUT2D eigenvalue weighted by Gasteiger charge is -2.46. The van der Waals surface area contributed by atoms with E-state index in [0.717, 1.165) is 6.42 Å². The summed E-state index contributed by atoms with van der Waals surface area (Å²) in [5.41, 5.74) is -0.387. The molecule has 0 aliphatic carbocycles. The van der Waals surface area contributed by atoms with Crippen LogP contribution >= 0.6 is 0 Å². The molecular weight excluding hydrogens is 260 g/mol. The highest BCUT2D eigenvalue weighted by molar-refractivity contribution is 5.83. The van der Waals surface area contributed by atoms with E-state index < -0.39 is 12.0 Å². The number of morpholine rings is 1. The fraction of sp³-hybridized carbons (Fsp3) is 0.857. The van der Waals surface area contributed by atoms with Crippen LogP contribution < -0.4 is 0 Å². The molecule has 0 aromatic carbocycles. The predicted molar refractivity (Wildman–Crippen MR) is 73.5 cm³/mol. The lowest BCUT2D eigenvalue weighted by Crippen LogP contribution is -2.62. The van der Waals surface area contributed by atoms with E-state index >= 15 is 0 Å². The minimum Gasteiger partial charge on any atom is -0.480 e. The van der Waals surface area contributed by atoms with Crippen molar-refractivity contribution in [2.75, 3.05) is 26.3 Å². The Morgan fingerprint density at radius 2 is 2.00 bits per heavy atom. The van der Waals surface area contributed by atoms with Crippen LogP contribution in [0, 0.1) is 5.92 Å². The third-order valence-corrected chi connectivity index (χ3v) is 4.27. The maximum atomic E-state index is 12.7. The Bertz CT molecular complexity index is 397. The topological polar surface area (TPSA) is 70.1 Å². The zero-order valence-electron chi connectivity index (χ0n) is 12.5. The van der Waals surface area contributed by atoms with Gasteiger partial charge in [0.15, 0.2) is 0 Å². The van der Waals surface area contributed by atoms with Crippen LogP contribution in [0.25, 0.3) is 0 Å². The average Bonchev–Trinajstić information content (AvgIpc) is 2.37. The molecule has 0 radical (unpaired) electrons. The third kappa shape index (κ3) is 2.90. The van der Waals surface area contributed by atoms with E-state index in [4.69, 9.17) is 4.74 Å². The number of hydrogen-bond donors (Lipinski definition) is 1. The molecule has 2 atom stereocenters. The number of nitrogens with zero attached hydrogens (tertiary/aromatic N) is 2. The van der Waals surface area contributed by atoms with Gasteiger partial charge >= 0.3 is 12.0 Å². The average molecular weight is 284 g/mol. The highest BCUT2D eigenvalue weighted by atomic mass is 16.5. The molecule has 0 bridgehead atoms. The second-order valence-corrected chi connectivity index (χ2v) is 6.48. The monoisotopic (exact) mass is 284 g/mol. The fourth-order valence-corrected chi connectivity index (χ4v) is 2.97. The van der Waals surface area contributed by atoms with Crippen LogP contribution in [0.2, 0.25) is 0 Å². The molecule has 2 unspecified atom stereocenters. The number of ether oxygens (including phenoxy) is 1. The second-order valence-electron chi connectivity index (χ2n) is 6.48. The van der Waals surface area contributed by atoms with Gasteiger partial charge in [0, 0.05) is 13.1 Å². The highest BCUT2D eigenvalue weighted by Gasteiger charge is 2.41. The summed E-state index contributed by atoms with van der Waals surface area (Å²) in [6.45, 7) is 7.97. The molecule has 0 spiro atoms. The number of hydrogen-bond acceptors (Lipinski definition) is 3. The van der Waals surface area contributed by atoms with Gasteiger partial charge in [0.25, 0.3) is 0 Å². The summed E-state index contributed by atoms with van der Waals surface area (Å²) in [6.07, 6.45) is 1.39. The van der Waals surface area contributed by atoms with Gasteiger partial charge in [-0.25, -0.2) is 9.59 Å². The van der Waals surface area contributed by atoms with Gasteiger partial charge in [-0.1, -0.05) is 6.92 Å². The van der Waals surface area contributed by atoms with Crippen molar-refractivity contribution in [1.29, 1.82) is 0 Å². The summed E-state index contributed by atoms with van der Waals surface area (Å²) in [6, 6.07) is -0.873. The number of piperidine rings is 1. The van der Waals surface area contributed by atoms with E-state index in [1.807, 2.05) is 20.8 Å². The van der Waals surface area contributed by atoms with E-state index in [1.165, 1.54) is 4.90 Å². The number of aliphatic carboxylic acids is 1. The van der Waals surface area contributed by atoms with Crippen LogP contribution in [0.5, 0.6) is 0 Å². The van der Waals surface area contributed by atoms with Gasteiger partial charge in [0.1, 0.15) is 6.04 Å². The van der Waals surface area contributed by atoms with Crippen molar-refractivity contribution in [2.45, 2.75) is 45.2 Å². The van der Waals surface area contributed by atoms with E-state index in [-0.39, 0.29) is 11.6 Å². The Labute approximate surface area is 119 Å². The molecular formula is C14H24N2O4. The van der Waals surface area contributed by atoms with Crippen molar-refractivity contribution in [2.24, 2.45) is 5.92 Å². The van der Waals surface area contributed by atoms with Gasteiger partial charge < -0.3 is 19.6 Å². The summed E-state index contributed by atoms with van der Waals surface area (Å²) in [5, 5.41) is 9.37. The fourth-order valence-electron chi connectivity index (χ4n) is 2.97. The quantitative estimate of drug-likeness (QED) is 0.790. The normalized spacial score (nSPS) is 30.1. The minimum absolute atomic E-state index is 0.169. The summed E-state index contributed by atoms with van der Waals surface area (Å²) in [7, 11) is 0. The molecule has 2 rings (SSSR count). The molecule has 2 aliphatic rings. The van der Waals surface area contributed by atoms with Gasteiger partial charge in [-0.15, -0.1) is 0 Å². The standard InChI is InChI=1S/C14H24N2O4/c1-10-4-5-15(11(8-10)12(17)18)13(19)16-6-7-20-9-14(16,2)3/h10-11H,4-9H2,1-3H3,(H,17,18). The molecule has 0 aromatic rings. The van der Waals surface area contributed by atoms with Crippen molar-refractivity contribution in [3.05, 3.63) is 0 Å². The smallest absolute Gasteiger partial charge is 0.326 e. The van der Waals surface area contributed by atoms with Crippen molar-refractivity contribution in [3.63, 3.8) is 0 Å². The molecule has 1 N–H and O–H groups in total. The molecule has 2 saturated heterocycles. The maximum absolute atomic E-state index is 12.7. The maximum Gasteiger partial charge on any atom is 0.326 e. The van der Waals surface area contributed by atoms with E-state index in [1.54, 1.807) is 4.90 Å². The zero-order chi connectivity index (χ0) is 14.9. The van der Waals surface area contributed by atoms with Gasteiger partial charge in [-0.05, 0) is 32.6 Å². The van der Waals surface area contributed by atoms with Crippen LogP contribution in [-0.2, 0) is 9.53 Å². The number of amides is 2. The lowest BCUT2D eigenvalue weighted by molar-refractivity contribution is -0.144. The molecule has 2 amide bonds. The molecule has 0 aromatic heterocycles. The number of carbonyl (C=O) groups is 2. The minimum atomic E-state index is -0.907. The van der Waals surface area contributed by atoms with Crippen LogP contribution in [0.4, 0.5) is 4.79 Å². The Hall–Kier alpha value is -1.30. The first-order chi connectivity index (χ1) is 9.33. The number of carboxylic acid groups (broad SMARTS) is 1. The number of urea groups is 1. The molecule has 114 valence electrons. The van der Waals surface area contributed by atoms with Gasteiger partial charge in [0.05, 0.1) is 18.8 Å². The van der Waals surface area contributed by atoms with Gasteiger partial charge in [0.2, 0.25) is 0 Å². The summed E-state index contributed by atoms with van der Waals surface area (Å²) < 4.78 is 5.42. The van der Waals surface area contributed by atoms with Crippen molar-refractivity contribution in [1.82, 2.24) is 9.80 Å². The Kier molecular flexibility index (Phi) is 4.22. The van der Waals surface area contributed by atoms with Crippen LogP contribution in [0.1, 0.15) is 33.6 Å².